The summed E-state index contributed by atoms with van der Waals surface area (Å²) in [5.74, 6) is 1.84. The number of hydrogen-bond acceptors (Lipinski definition) is 3. The van der Waals surface area contributed by atoms with Gasteiger partial charge >= 0.3 is 0 Å². The Morgan fingerprint density at radius 3 is 2.84 bits per heavy atom. The summed E-state index contributed by atoms with van der Waals surface area (Å²) < 4.78 is 6.52. The van der Waals surface area contributed by atoms with Crippen molar-refractivity contribution in [2.24, 2.45) is 16.8 Å². The summed E-state index contributed by atoms with van der Waals surface area (Å²) in [5.41, 5.74) is 5.87. The molecule has 1 saturated carbocycles. The van der Waals surface area contributed by atoms with Gasteiger partial charge in [-0.1, -0.05) is 40.0 Å². The summed E-state index contributed by atoms with van der Waals surface area (Å²) in [7, 11) is 0. The maximum absolute atomic E-state index is 5.87. The van der Waals surface area contributed by atoms with E-state index in [1.54, 1.807) is 0 Å². The largest absolute Gasteiger partial charge is 0.490 e. The summed E-state index contributed by atoms with van der Waals surface area (Å²) in [6.45, 7) is 0.859. The lowest BCUT2D eigenvalue weighted by molar-refractivity contribution is 0.105. The number of hydrogen-bond donors (Lipinski definition) is 1. The van der Waals surface area contributed by atoms with Crippen LogP contribution < -0.4 is 10.5 Å². The van der Waals surface area contributed by atoms with Crippen LogP contribution in [-0.2, 0) is 4.84 Å². The van der Waals surface area contributed by atoms with Crippen LogP contribution >= 0.6 is 15.9 Å². The molecule has 0 bridgehead atoms. The molecular weight excluding hydrogens is 308 g/mol. The van der Waals surface area contributed by atoms with Crippen molar-refractivity contribution in [2.45, 2.75) is 25.7 Å². The van der Waals surface area contributed by atoms with Gasteiger partial charge in [0.1, 0.15) is 18.2 Å². The molecule has 0 radical (unpaired) electrons. The fraction of sp³-hybridized carbons (Fsp3) is 0.500. The second-order valence-electron chi connectivity index (χ2n) is 4.64. The Hall–Kier alpha value is -1.23. The monoisotopic (exact) mass is 326 g/mol. The summed E-state index contributed by atoms with van der Waals surface area (Å²) in [5, 5.41) is 3.96. The minimum atomic E-state index is 0.403. The van der Waals surface area contributed by atoms with E-state index >= 15 is 0 Å². The van der Waals surface area contributed by atoms with Crippen molar-refractivity contribution in [3.05, 3.63) is 28.7 Å². The fourth-order valence-electron chi connectivity index (χ4n) is 2.17. The fourth-order valence-corrected chi connectivity index (χ4v) is 2.55. The molecule has 0 amide bonds. The third-order valence-corrected chi connectivity index (χ3v) is 3.68. The van der Waals surface area contributed by atoms with E-state index < -0.39 is 0 Å². The van der Waals surface area contributed by atoms with Crippen molar-refractivity contribution >= 4 is 21.8 Å². The van der Waals surface area contributed by atoms with E-state index in [1.165, 1.54) is 12.8 Å². The Kier molecular flexibility index (Phi) is 5.51. The van der Waals surface area contributed by atoms with Crippen molar-refractivity contribution in [1.29, 1.82) is 0 Å². The van der Waals surface area contributed by atoms with E-state index in [-0.39, 0.29) is 0 Å². The molecule has 2 N–H and O–H groups in total. The first kappa shape index (κ1) is 14.2. The second-order valence-corrected chi connectivity index (χ2v) is 5.55. The normalized spacial score (nSPS) is 16.6. The summed E-state index contributed by atoms with van der Waals surface area (Å²) >= 11 is 3.39. The lowest BCUT2D eigenvalue weighted by Crippen LogP contribution is -2.22. The highest BCUT2D eigenvalue weighted by molar-refractivity contribution is 9.10. The number of amidine groups is 1. The molecule has 1 fully saturated rings. The Labute approximate surface area is 122 Å². The molecule has 4 nitrogen and oxygen atoms in total. The number of ether oxygens (including phenoxy) is 1. The average Bonchev–Trinajstić information content (AvgIpc) is 2.92. The highest BCUT2D eigenvalue weighted by atomic mass is 79.9. The van der Waals surface area contributed by atoms with E-state index in [4.69, 9.17) is 15.3 Å². The van der Waals surface area contributed by atoms with Crippen LogP contribution in [-0.4, -0.2) is 19.0 Å². The van der Waals surface area contributed by atoms with Crippen molar-refractivity contribution < 1.29 is 9.57 Å². The molecule has 0 aliphatic heterocycles. The van der Waals surface area contributed by atoms with E-state index in [0.717, 1.165) is 23.1 Å². The number of oxime groups is 1. The molecule has 0 atom stereocenters. The molecule has 2 rings (SSSR count). The molecule has 19 heavy (non-hydrogen) atoms. The van der Waals surface area contributed by atoms with E-state index in [9.17, 15) is 0 Å². The molecule has 104 valence electrons. The van der Waals surface area contributed by atoms with E-state index in [0.29, 0.717) is 25.0 Å². The maximum Gasteiger partial charge on any atom is 0.151 e. The molecule has 1 aliphatic carbocycles. The molecular formula is C14H19BrN2O2. The highest BCUT2D eigenvalue weighted by Gasteiger charge is 2.18. The first-order chi connectivity index (χ1) is 9.25. The van der Waals surface area contributed by atoms with E-state index in [2.05, 4.69) is 21.1 Å². The van der Waals surface area contributed by atoms with Gasteiger partial charge in [-0.3, -0.25) is 0 Å². The van der Waals surface area contributed by atoms with E-state index in [1.807, 2.05) is 24.3 Å². The molecule has 1 aliphatic rings. The number of rotatable bonds is 6. The molecule has 1 aromatic rings. The lowest BCUT2D eigenvalue weighted by Gasteiger charge is -2.08. The van der Waals surface area contributed by atoms with Gasteiger partial charge in [0.15, 0.2) is 6.61 Å². The summed E-state index contributed by atoms with van der Waals surface area (Å²) in [6, 6.07) is 7.70. The van der Waals surface area contributed by atoms with Crippen LogP contribution in [0, 0.1) is 5.92 Å². The zero-order valence-corrected chi connectivity index (χ0v) is 12.4. The SMILES string of the molecule is N/C(=N\OCCOc1cccc(Br)c1)C1CCCC1. The predicted molar refractivity (Wildman–Crippen MR) is 79.2 cm³/mol. The van der Waals surface area contributed by atoms with Crippen molar-refractivity contribution in [3.63, 3.8) is 0 Å². The topological polar surface area (TPSA) is 56.8 Å². The van der Waals surface area contributed by atoms with Crippen molar-refractivity contribution in [2.75, 3.05) is 13.2 Å². The first-order valence-electron chi connectivity index (χ1n) is 6.59. The van der Waals surface area contributed by atoms with Gasteiger partial charge < -0.3 is 15.3 Å². The van der Waals surface area contributed by atoms with Crippen LogP contribution in [0.5, 0.6) is 5.75 Å². The summed E-state index contributed by atoms with van der Waals surface area (Å²) in [6.07, 6.45) is 4.75. The zero-order chi connectivity index (χ0) is 13.5. The van der Waals surface area contributed by atoms with Gasteiger partial charge in [0.25, 0.3) is 0 Å². The van der Waals surface area contributed by atoms with Gasteiger partial charge in [0.05, 0.1) is 0 Å². The van der Waals surface area contributed by atoms with Crippen LogP contribution in [0.3, 0.4) is 0 Å². The van der Waals surface area contributed by atoms with Crippen LogP contribution in [0.2, 0.25) is 0 Å². The van der Waals surface area contributed by atoms with Crippen LogP contribution in [0.4, 0.5) is 0 Å². The smallest absolute Gasteiger partial charge is 0.151 e. The molecule has 0 unspecified atom stereocenters. The third-order valence-electron chi connectivity index (χ3n) is 3.18. The standard InChI is InChI=1S/C14H19BrN2O2/c15-12-6-3-7-13(10-12)18-8-9-19-17-14(16)11-4-1-2-5-11/h3,6-7,10-11H,1-2,4-5,8-9H2,(H2,16,17). The molecule has 0 aromatic heterocycles. The van der Waals surface area contributed by atoms with Gasteiger partial charge in [-0.15, -0.1) is 0 Å². The maximum atomic E-state index is 5.87. The minimum absolute atomic E-state index is 0.403. The molecule has 0 heterocycles. The molecule has 1 aromatic carbocycles. The Morgan fingerprint density at radius 2 is 2.11 bits per heavy atom. The quantitative estimate of drug-likeness (QED) is 0.377. The first-order valence-corrected chi connectivity index (χ1v) is 7.38. The Morgan fingerprint density at radius 1 is 1.32 bits per heavy atom. The highest BCUT2D eigenvalue weighted by Crippen LogP contribution is 2.24. The number of nitrogens with zero attached hydrogens (tertiary/aromatic N) is 1. The number of benzene rings is 1. The molecule has 0 spiro atoms. The van der Waals surface area contributed by atoms with Gasteiger partial charge in [0, 0.05) is 10.4 Å². The Bertz CT molecular complexity index is 431. The number of halogens is 1. The van der Waals surface area contributed by atoms with Gasteiger partial charge in [-0.2, -0.15) is 0 Å². The molecule has 0 saturated heterocycles. The Balaban J connectivity index is 1.65. The lowest BCUT2D eigenvalue weighted by atomic mass is 10.1. The predicted octanol–water partition coefficient (Wildman–Crippen LogP) is 3.31. The van der Waals surface area contributed by atoms with Gasteiger partial charge in [-0.25, -0.2) is 0 Å². The zero-order valence-electron chi connectivity index (χ0n) is 10.8. The van der Waals surface area contributed by atoms with Gasteiger partial charge in [-0.05, 0) is 31.0 Å². The third kappa shape index (κ3) is 4.74. The van der Waals surface area contributed by atoms with Crippen LogP contribution in [0.15, 0.2) is 33.9 Å². The second kappa shape index (κ2) is 7.38. The van der Waals surface area contributed by atoms with Crippen molar-refractivity contribution in [1.82, 2.24) is 0 Å². The minimum Gasteiger partial charge on any atom is -0.490 e. The van der Waals surface area contributed by atoms with Crippen LogP contribution in [0.1, 0.15) is 25.7 Å². The summed E-state index contributed by atoms with van der Waals surface area (Å²) in [4.78, 5) is 5.19. The van der Waals surface area contributed by atoms with Crippen LogP contribution in [0.25, 0.3) is 0 Å². The average molecular weight is 327 g/mol. The number of nitrogens with two attached hydrogens (primary N) is 1. The van der Waals surface area contributed by atoms with Crippen molar-refractivity contribution in [3.8, 4) is 5.75 Å². The van der Waals surface area contributed by atoms with Gasteiger partial charge in [0.2, 0.25) is 0 Å². The molecule has 5 heteroatoms.